The normalized spacial score (nSPS) is 21.3. The molecule has 2 nitrogen and oxygen atoms in total. The summed E-state index contributed by atoms with van der Waals surface area (Å²) in [6.07, 6.45) is 4.57. The van der Waals surface area contributed by atoms with Crippen LogP contribution in [0.1, 0.15) is 36.5 Å². The zero-order valence-electron chi connectivity index (χ0n) is 10.5. The summed E-state index contributed by atoms with van der Waals surface area (Å²) < 4.78 is 0. The molecule has 2 N–H and O–H groups in total. The van der Waals surface area contributed by atoms with Gasteiger partial charge in [-0.2, -0.15) is 0 Å². The summed E-state index contributed by atoms with van der Waals surface area (Å²) in [4.78, 5) is 11.4. The third-order valence-electron chi connectivity index (χ3n) is 3.56. The van der Waals surface area contributed by atoms with Crippen molar-refractivity contribution in [3.8, 4) is 0 Å². The van der Waals surface area contributed by atoms with Crippen molar-refractivity contribution in [3.05, 3.63) is 34.9 Å². The van der Waals surface area contributed by atoms with Crippen molar-refractivity contribution in [1.29, 1.82) is 0 Å². The van der Waals surface area contributed by atoms with Gasteiger partial charge in [-0.1, -0.05) is 31.5 Å². The van der Waals surface area contributed by atoms with Crippen LogP contribution in [0.15, 0.2) is 18.2 Å². The Morgan fingerprint density at radius 1 is 1.44 bits per heavy atom. The zero-order valence-corrected chi connectivity index (χ0v) is 12.1. The number of aryl methyl sites for hydroxylation is 1. The van der Waals surface area contributed by atoms with Crippen molar-refractivity contribution in [2.45, 2.75) is 44.6 Å². The summed E-state index contributed by atoms with van der Waals surface area (Å²) in [6.45, 7) is 2.18. The van der Waals surface area contributed by atoms with Crippen LogP contribution in [0.3, 0.4) is 0 Å². The fourth-order valence-corrected chi connectivity index (χ4v) is 2.67. The molecule has 1 atom stereocenters. The third-order valence-corrected chi connectivity index (χ3v) is 3.94. The Bertz CT molecular complexity index is 447. The summed E-state index contributed by atoms with van der Waals surface area (Å²) >= 11 is 5.61. The van der Waals surface area contributed by atoms with Crippen molar-refractivity contribution in [2.75, 3.05) is 0 Å². The summed E-state index contributed by atoms with van der Waals surface area (Å²) in [5.41, 5.74) is 8.95. The minimum Gasteiger partial charge on any atom is -0.317 e. The highest BCUT2D eigenvalue weighted by atomic mass is 35.5. The molecule has 1 aliphatic carbocycles. The number of rotatable bonds is 4. The predicted octanol–water partition coefficient (Wildman–Crippen LogP) is 3.01. The first kappa shape index (κ1) is 15.5. The van der Waals surface area contributed by atoms with E-state index in [9.17, 15) is 4.79 Å². The number of fused-ring (bicyclic) bond motifs is 1. The number of carbonyl (C=O) groups excluding carboxylic acids is 1. The number of nitrogens with two attached hydrogens (primary N) is 1. The molecule has 0 radical (unpaired) electrons. The van der Waals surface area contributed by atoms with Crippen molar-refractivity contribution in [3.63, 3.8) is 0 Å². The third kappa shape index (κ3) is 2.87. The SMILES string of the molecule is CCCCc1cccc2c1CC(N)(C(=O)Cl)C2.Cl. The summed E-state index contributed by atoms with van der Waals surface area (Å²) in [6, 6.07) is 6.24. The van der Waals surface area contributed by atoms with E-state index in [0.29, 0.717) is 12.8 Å². The molecule has 0 saturated heterocycles. The van der Waals surface area contributed by atoms with Crippen molar-refractivity contribution < 1.29 is 4.79 Å². The molecule has 0 bridgehead atoms. The van der Waals surface area contributed by atoms with Gasteiger partial charge >= 0.3 is 0 Å². The quantitative estimate of drug-likeness (QED) is 0.865. The first-order valence-electron chi connectivity index (χ1n) is 6.15. The monoisotopic (exact) mass is 287 g/mol. The molecule has 0 saturated carbocycles. The summed E-state index contributed by atoms with van der Waals surface area (Å²) in [5.74, 6) is 0. The molecule has 1 unspecified atom stereocenters. The molecule has 2 rings (SSSR count). The summed E-state index contributed by atoms with van der Waals surface area (Å²) in [7, 11) is 0. The first-order chi connectivity index (χ1) is 8.07. The lowest BCUT2D eigenvalue weighted by molar-refractivity contribution is -0.116. The average Bonchev–Trinajstić information content (AvgIpc) is 2.64. The molecular formula is C14H19Cl2NO. The molecule has 0 spiro atoms. The van der Waals surface area contributed by atoms with Gasteiger partial charge in [0.25, 0.3) is 0 Å². The van der Waals surface area contributed by atoms with Crippen LogP contribution in [0.25, 0.3) is 0 Å². The Labute approximate surface area is 119 Å². The largest absolute Gasteiger partial charge is 0.317 e. The van der Waals surface area contributed by atoms with Crippen molar-refractivity contribution in [1.82, 2.24) is 0 Å². The first-order valence-corrected chi connectivity index (χ1v) is 6.53. The van der Waals surface area contributed by atoms with E-state index < -0.39 is 10.8 Å². The molecule has 1 aliphatic rings. The molecule has 0 amide bonds. The zero-order chi connectivity index (χ0) is 12.5. The molecule has 0 aliphatic heterocycles. The topological polar surface area (TPSA) is 43.1 Å². The van der Waals surface area contributed by atoms with E-state index in [-0.39, 0.29) is 12.4 Å². The van der Waals surface area contributed by atoms with Crippen LogP contribution in [0.5, 0.6) is 0 Å². The Balaban J connectivity index is 0.00000162. The van der Waals surface area contributed by atoms with Crippen LogP contribution in [0.4, 0.5) is 0 Å². The van der Waals surface area contributed by atoms with Crippen LogP contribution < -0.4 is 5.73 Å². The maximum atomic E-state index is 11.4. The van der Waals surface area contributed by atoms with E-state index in [2.05, 4.69) is 19.1 Å². The Morgan fingerprint density at radius 2 is 2.17 bits per heavy atom. The van der Waals surface area contributed by atoms with E-state index >= 15 is 0 Å². The number of carbonyl (C=O) groups is 1. The number of hydrogen-bond donors (Lipinski definition) is 1. The van der Waals surface area contributed by atoms with Crippen molar-refractivity contribution >= 4 is 29.3 Å². The Hall–Kier alpha value is -0.570. The summed E-state index contributed by atoms with van der Waals surface area (Å²) in [5, 5.41) is -0.421. The molecule has 4 heteroatoms. The van der Waals surface area contributed by atoms with Crippen LogP contribution in [-0.4, -0.2) is 10.8 Å². The lowest BCUT2D eigenvalue weighted by Gasteiger charge is -2.17. The Kier molecular flexibility index (Phi) is 5.20. The van der Waals surface area contributed by atoms with Crippen molar-refractivity contribution in [2.24, 2.45) is 5.73 Å². The van der Waals surface area contributed by atoms with Gasteiger partial charge in [-0.15, -0.1) is 12.4 Å². The number of hydrogen-bond acceptors (Lipinski definition) is 2. The maximum absolute atomic E-state index is 11.4. The van der Waals surface area contributed by atoms with Crippen LogP contribution in [0, 0.1) is 0 Å². The minimum atomic E-state index is -0.883. The highest BCUT2D eigenvalue weighted by Crippen LogP contribution is 2.32. The number of benzene rings is 1. The van der Waals surface area contributed by atoms with Gasteiger partial charge in [0.1, 0.15) is 0 Å². The fourth-order valence-electron chi connectivity index (χ4n) is 2.54. The predicted molar refractivity (Wildman–Crippen MR) is 77.5 cm³/mol. The highest BCUT2D eigenvalue weighted by Gasteiger charge is 2.39. The van der Waals surface area contributed by atoms with Gasteiger partial charge in [0.15, 0.2) is 0 Å². The molecule has 100 valence electrons. The van der Waals surface area contributed by atoms with Gasteiger partial charge in [-0.25, -0.2) is 0 Å². The maximum Gasteiger partial charge on any atom is 0.242 e. The molecule has 0 aromatic heterocycles. The van der Waals surface area contributed by atoms with Gasteiger partial charge in [0.2, 0.25) is 5.24 Å². The number of halogens is 2. The van der Waals surface area contributed by atoms with Gasteiger partial charge in [-0.05, 0) is 54.0 Å². The van der Waals surface area contributed by atoms with E-state index in [1.54, 1.807) is 0 Å². The average molecular weight is 288 g/mol. The molecular weight excluding hydrogens is 269 g/mol. The van der Waals surface area contributed by atoms with E-state index in [0.717, 1.165) is 6.42 Å². The van der Waals surface area contributed by atoms with Gasteiger partial charge in [-0.3, -0.25) is 4.79 Å². The van der Waals surface area contributed by atoms with Crippen LogP contribution >= 0.6 is 24.0 Å². The fraction of sp³-hybridized carbons (Fsp3) is 0.500. The van der Waals surface area contributed by atoms with E-state index in [4.69, 9.17) is 17.3 Å². The van der Waals surface area contributed by atoms with Crippen LogP contribution in [0.2, 0.25) is 0 Å². The smallest absolute Gasteiger partial charge is 0.242 e. The number of unbranched alkanes of at least 4 members (excludes halogenated alkanes) is 1. The van der Waals surface area contributed by atoms with Crippen LogP contribution in [-0.2, 0) is 24.1 Å². The van der Waals surface area contributed by atoms with Gasteiger partial charge < -0.3 is 5.73 Å². The van der Waals surface area contributed by atoms with E-state index in [1.165, 1.54) is 29.5 Å². The molecule has 18 heavy (non-hydrogen) atoms. The van der Waals surface area contributed by atoms with Gasteiger partial charge in [0.05, 0.1) is 5.54 Å². The molecule has 0 fully saturated rings. The minimum absolute atomic E-state index is 0. The van der Waals surface area contributed by atoms with Gasteiger partial charge in [0, 0.05) is 0 Å². The standard InChI is InChI=1S/C14H18ClNO.ClH/c1-2-3-5-10-6-4-7-11-8-14(16,13(15)17)9-12(10)11;/h4,6-7H,2-3,5,8-9,16H2,1H3;1H. The van der Waals surface area contributed by atoms with E-state index in [1.807, 2.05) is 6.07 Å². The lowest BCUT2D eigenvalue weighted by atomic mass is 9.97. The Morgan fingerprint density at radius 3 is 2.78 bits per heavy atom. The molecule has 1 aromatic carbocycles. The molecule has 0 heterocycles. The second kappa shape index (κ2) is 6.05. The molecule has 1 aromatic rings. The lowest BCUT2D eigenvalue weighted by Crippen LogP contribution is -2.46. The second-order valence-corrected chi connectivity index (χ2v) is 5.29. The second-order valence-electron chi connectivity index (χ2n) is 4.94. The highest BCUT2D eigenvalue weighted by molar-refractivity contribution is 6.65.